The minimum atomic E-state index is 0.182. The largest absolute Gasteiger partial charge is 0.324 e. The minimum Gasteiger partial charge on any atom is -0.324 e. The number of thiol groups is 1. The summed E-state index contributed by atoms with van der Waals surface area (Å²) in [5.41, 5.74) is 7.28. The molecular weight excluding hydrogens is 178 g/mol. The summed E-state index contributed by atoms with van der Waals surface area (Å²) in [5, 5.41) is 0. The summed E-state index contributed by atoms with van der Waals surface area (Å²) in [6, 6.07) is 8.29. The highest BCUT2D eigenvalue weighted by atomic mass is 32.1. The molecule has 70 valence electrons. The predicted molar refractivity (Wildman–Crippen MR) is 58.0 cm³/mol. The van der Waals surface area contributed by atoms with E-state index in [2.05, 4.69) is 18.7 Å². The van der Waals surface area contributed by atoms with E-state index >= 15 is 0 Å². The topological polar surface area (TPSA) is 26.0 Å². The van der Waals surface area contributed by atoms with E-state index in [4.69, 9.17) is 5.73 Å². The average molecular weight is 193 g/mol. The van der Waals surface area contributed by atoms with E-state index < -0.39 is 0 Å². The third-order valence-corrected chi connectivity index (χ3v) is 3.03. The summed E-state index contributed by atoms with van der Waals surface area (Å²) in [4.78, 5) is 1.02. The summed E-state index contributed by atoms with van der Waals surface area (Å²) < 4.78 is 0. The number of hydrogen-bond acceptors (Lipinski definition) is 2. The SMILES string of the molecule is N[C@H](CC1CC1)c1ccccc1S. The number of benzene rings is 1. The zero-order valence-electron chi connectivity index (χ0n) is 7.61. The Bertz CT molecular complexity index is 294. The van der Waals surface area contributed by atoms with Crippen molar-refractivity contribution in [1.82, 2.24) is 0 Å². The van der Waals surface area contributed by atoms with Crippen molar-refractivity contribution in [2.45, 2.75) is 30.2 Å². The van der Waals surface area contributed by atoms with E-state index in [0.717, 1.165) is 17.2 Å². The van der Waals surface area contributed by atoms with Crippen molar-refractivity contribution in [2.24, 2.45) is 11.7 Å². The van der Waals surface area contributed by atoms with E-state index in [1.54, 1.807) is 0 Å². The second kappa shape index (κ2) is 3.72. The fourth-order valence-electron chi connectivity index (χ4n) is 1.64. The predicted octanol–water partition coefficient (Wildman–Crippen LogP) is 2.78. The van der Waals surface area contributed by atoms with Gasteiger partial charge in [-0.05, 0) is 24.0 Å². The van der Waals surface area contributed by atoms with Gasteiger partial charge in [0.25, 0.3) is 0 Å². The summed E-state index contributed by atoms with van der Waals surface area (Å²) >= 11 is 4.40. The van der Waals surface area contributed by atoms with Crippen LogP contribution in [0.2, 0.25) is 0 Å². The van der Waals surface area contributed by atoms with Gasteiger partial charge in [-0.2, -0.15) is 0 Å². The van der Waals surface area contributed by atoms with Gasteiger partial charge >= 0.3 is 0 Å². The zero-order valence-corrected chi connectivity index (χ0v) is 8.50. The summed E-state index contributed by atoms with van der Waals surface area (Å²) in [7, 11) is 0. The maximum Gasteiger partial charge on any atom is 0.0308 e. The molecule has 0 spiro atoms. The first kappa shape index (κ1) is 9.10. The quantitative estimate of drug-likeness (QED) is 0.709. The van der Waals surface area contributed by atoms with Gasteiger partial charge in [-0.3, -0.25) is 0 Å². The Balaban J connectivity index is 2.09. The molecule has 1 atom stereocenters. The normalized spacial score (nSPS) is 18.6. The van der Waals surface area contributed by atoms with Gasteiger partial charge in [0.1, 0.15) is 0 Å². The van der Waals surface area contributed by atoms with Crippen LogP contribution in [-0.4, -0.2) is 0 Å². The van der Waals surface area contributed by atoms with Crippen LogP contribution in [0.25, 0.3) is 0 Å². The second-order valence-corrected chi connectivity index (χ2v) is 4.33. The highest BCUT2D eigenvalue weighted by Gasteiger charge is 2.24. The number of hydrogen-bond donors (Lipinski definition) is 2. The van der Waals surface area contributed by atoms with Crippen molar-refractivity contribution in [2.75, 3.05) is 0 Å². The highest BCUT2D eigenvalue weighted by molar-refractivity contribution is 7.80. The summed E-state index contributed by atoms with van der Waals surface area (Å²) in [5.74, 6) is 0.878. The van der Waals surface area contributed by atoms with Crippen molar-refractivity contribution in [1.29, 1.82) is 0 Å². The zero-order chi connectivity index (χ0) is 9.26. The van der Waals surface area contributed by atoms with Gasteiger partial charge in [-0.1, -0.05) is 31.0 Å². The van der Waals surface area contributed by atoms with Crippen molar-refractivity contribution >= 4 is 12.6 Å². The lowest BCUT2D eigenvalue weighted by Crippen LogP contribution is -2.11. The molecule has 0 bridgehead atoms. The maximum atomic E-state index is 6.09. The Labute approximate surface area is 84.7 Å². The molecule has 0 aliphatic heterocycles. The molecule has 1 aromatic rings. The van der Waals surface area contributed by atoms with Crippen LogP contribution in [0.15, 0.2) is 29.2 Å². The third-order valence-electron chi connectivity index (χ3n) is 2.62. The van der Waals surface area contributed by atoms with Crippen LogP contribution in [0.4, 0.5) is 0 Å². The van der Waals surface area contributed by atoms with Crippen LogP contribution >= 0.6 is 12.6 Å². The molecule has 1 aliphatic rings. The van der Waals surface area contributed by atoms with Crippen LogP contribution < -0.4 is 5.73 Å². The first-order valence-electron chi connectivity index (χ1n) is 4.81. The third kappa shape index (κ3) is 2.26. The van der Waals surface area contributed by atoms with Gasteiger partial charge in [0.2, 0.25) is 0 Å². The van der Waals surface area contributed by atoms with Crippen molar-refractivity contribution in [3.63, 3.8) is 0 Å². The van der Waals surface area contributed by atoms with E-state index in [-0.39, 0.29) is 6.04 Å². The van der Waals surface area contributed by atoms with Crippen LogP contribution in [0.1, 0.15) is 30.9 Å². The Morgan fingerprint density at radius 1 is 1.38 bits per heavy atom. The molecule has 0 unspecified atom stereocenters. The fraction of sp³-hybridized carbons (Fsp3) is 0.455. The number of nitrogens with two attached hydrogens (primary N) is 1. The lowest BCUT2D eigenvalue weighted by atomic mass is 10.0. The molecule has 0 aromatic heterocycles. The molecule has 0 amide bonds. The van der Waals surface area contributed by atoms with Crippen LogP contribution in [-0.2, 0) is 0 Å². The monoisotopic (exact) mass is 193 g/mol. The standard InChI is InChI=1S/C11H15NS/c12-10(7-8-5-6-8)9-3-1-2-4-11(9)13/h1-4,8,10,13H,5-7,12H2/t10-/m1/s1. The van der Waals surface area contributed by atoms with Crippen molar-refractivity contribution in [3.8, 4) is 0 Å². The first-order valence-corrected chi connectivity index (χ1v) is 5.25. The van der Waals surface area contributed by atoms with Gasteiger partial charge in [0.15, 0.2) is 0 Å². The molecule has 0 radical (unpaired) electrons. The van der Waals surface area contributed by atoms with Crippen LogP contribution in [0.5, 0.6) is 0 Å². The van der Waals surface area contributed by atoms with E-state index in [0.29, 0.717) is 0 Å². The van der Waals surface area contributed by atoms with Gasteiger partial charge in [0, 0.05) is 10.9 Å². The molecule has 1 aliphatic carbocycles. The average Bonchev–Trinajstić information content (AvgIpc) is 2.89. The molecule has 13 heavy (non-hydrogen) atoms. The van der Waals surface area contributed by atoms with Gasteiger partial charge in [-0.25, -0.2) is 0 Å². The Morgan fingerprint density at radius 2 is 2.08 bits per heavy atom. The molecule has 2 N–H and O–H groups in total. The molecule has 0 heterocycles. The van der Waals surface area contributed by atoms with Crippen LogP contribution in [0.3, 0.4) is 0 Å². The first-order chi connectivity index (χ1) is 6.27. The van der Waals surface area contributed by atoms with Crippen LogP contribution in [0, 0.1) is 5.92 Å². The second-order valence-electron chi connectivity index (χ2n) is 3.84. The molecule has 1 aromatic carbocycles. The number of rotatable bonds is 3. The van der Waals surface area contributed by atoms with Crippen molar-refractivity contribution < 1.29 is 0 Å². The molecule has 2 heteroatoms. The van der Waals surface area contributed by atoms with Crippen molar-refractivity contribution in [3.05, 3.63) is 29.8 Å². The maximum absolute atomic E-state index is 6.09. The Hall–Kier alpha value is -0.470. The lowest BCUT2D eigenvalue weighted by molar-refractivity contribution is 0.589. The van der Waals surface area contributed by atoms with Gasteiger partial charge in [-0.15, -0.1) is 12.6 Å². The summed E-state index contributed by atoms with van der Waals surface area (Å²) in [6.07, 6.45) is 3.85. The molecule has 2 rings (SSSR count). The smallest absolute Gasteiger partial charge is 0.0308 e. The van der Waals surface area contributed by atoms with E-state index in [1.165, 1.54) is 18.4 Å². The molecule has 1 nitrogen and oxygen atoms in total. The highest BCUT2D eigenvalue weighted by Crippen LogP contribution is 2.37. The molecular formula is C11H15NS. The molecule has 1 fully saturated rings. The molecule has 0 saturated heterocycles. The summed E-state index contributed by atoms with van der Waals surface area (Å²) in [6.45, 7) is 0. The lowest BCUT2D eigenvalue weighted by Gasteiger charge is -2.13. The fourth-order valence-corrected chi connectivity index (χ4v) is 1.97. The van der Waals surface area contributed by atoms with E-state index in [1.807, 2.05) is 18.2 Å². The van der Waals surface area contributed by atoms with Gasteiger partial charge in [0.05, 0.1) is 0 Å². The Kier molecular flexibility index (Phi) is 2.61. The Morgan fingerprint density at radius 3 is 2.69 bits per heavy atom. The molecule has 1 saturated carbocycles. The van der Waals surface area contributed by atoms with E-state index in [9.17, 15) is 0 Å². The minimum absolute atomic E-state index is 0.182. The van der Waals surface area contributed by atoms with Gasteiger partial charge < -0.3 is 5.73 Å².